The second kappa shape index (κ2) is 3.70. The Labute approximate surface area is 88.6 Å². The van der Waals surface area contributed by atoms with Gasteiger partial charge in [-0.25, -0.2) is 4.79 Å². The van der Waals surface area contributed by atoms with Gasteiger partial charge < -0.3 is 15.2 Å². The lowest BCUT2D eigenvalue weighted by atomic mass is 9.72. The molecule has 15 heavy (non-hydrogen) atoms. The Bertz CT molecular complexity index is 320. The third-order valence-electron chi connectivity index (χ3n) is 3.22. The first kappa shape index (κ1) is 10.2. The van der Waals surface area contributed by atoms with E-state index in [2.05, 4.69) is 18.3 Å². The number of hydrogen-bond donors (Lipinski definition) is 2. The van der Waals surface area contributed by atoms with Crippen molar-refractivity contribution in [1.29, 1.82) is 0 Å². The first-order chi connectivity index (χ1) is 7.19. The van der Waals surface area contributed by atoms with Gasteiger partial charge in [0.15, 0.2) is 0 Å². The number of carbonyl (C=O) groups is 1. The van der Waals surface area contributed by atoms with Crippen molar-refractivity contribution in [3.63, 3.8) is 0 Å². The lowest BCUT2D eigenvalue weighted by Crippen LogP contribution is -2.48. The second-order valence-electron chi connectivity index (χ2n) is 3.96. The number of nitrogens with one attached hydrogen (secondary N) is 1. The van der Waals surface area contributed by atoms with Gasteiger partial charge in [-0.15, -0.1) is 0 Å². The van der Waals surface area contributed by atoms with E-state index in [1.54, 1.807) is 0 Å². The van der Waals surface area contributed by atoms with Crippen LogP contribution in [-0.2, 0) is 4.74 Å². The zero-order valence-electron chi connectivity index (χ0n) is 8.64. The molecule has 2 N–H and O–H groups in total. The molecule has 1 saturated heterocycles. The first-order valence-electron chi connectivity index (χ1n) is 5.16. The van der Waals surface area contributed by atoms with Gasteiger partial charge in [-0.3, -0.25) is 0 Å². The summed E-state index contributed by atoms with van der Waals surface area (Å²) in [5.74, 6) is 0. The molecule has 1 amide bonds. The van der Waals surface area contributed by atoms with E-state index < -0.39 is 6.09 Å². The molecule has 3 atom stereocenters. The molecule has 0 bridgehead atoms. The first-order valence-corrected chi connectivity index (χ1v) is 5.16. The summed E-state index contributed by atoms with van der Waals surface area (Å²) in [5.41, 5.74) is -0.201. The summed E-state index contributed by atoms with van der Waals surface area (Å²) in [5, 5.41) is 11.3. The Morgan fingerprint density at radius 1 is 1.67 bits per heavy atom. The van der Waals surface area contributed by atoms with E-state index in [-0.39, 0.29) is 17.6 Å². The summed E-state index contributed by atoms with van der Waals surface area (Å²) in [6, 6.07) is -0.183. The molecule has 1 heterocycles. The smallest absolute Gasteiger partial charge is 0.405 e. The summed E-state index contributed by atoms with van der Waals surface area (Å²) >= 11 is 0. The SMILES string of the molecule is CC[C@]1([C@H]2CO2)C=CC=CC1NC(=O)O. The van der Waals surface area contributed by atoms with Crippen molar-refractivity contribution in [2.24, 2.45) is 5.41 Å². The highest BCUT2D eigenvalue weighted by Gasteiger charge is 2.49. The number of rotatable bonds is 3. The zero-order chi connectivity index (χ0) is 10.9. The van der Waals surface area contributed by atoms with Crippen molar-refractivity contribution in [2.75, 3.05) is 6.61 Å². The van der Waals surface area contributed by atoms with Crippen molar-refractivity contribution in [3.05, 3.63) is 24.3 Å². The molecule has 0 saturated carbocycles. The fraction of sp³-hybridized carbons (Fsp3) is 0.545. The minimum absolute atomic E-state index is 0.153. The van der Waals surface area contributed by atoms with Crippen LogP contribution in [0.5, 0.6) is 0 Å². The van der Waals surface area contributed by atoms with Crippen LogP contribution in [0.2, 0.25) is 0 Å². The molecule has 0 aromatic rings. The van der Waals surface area contributed by atoms with Crippen LogP contribution in [0.4, 0.5) is 4.79 Å². The Kier molecular flexibility index (Phi) is 2.52. The van der Waals surface area contributed by atoms with Gasteiger partial charge in [-0.2, -0.15) is 0 Å². The molecule has 1 aliphatic carbocycles. The van der Waals surface area contributed by atoms with E-state index >= 15 is 0 Å². The molecule has 82 valence electrons. The standard InChI is InChI=1S/C11H15NO3/c1-2-11(9-7-15-9)6-4-3-5-8(11)12-10(13)14/h3-6,8-9,12H,2,7H2,1H3,(H,13,14)/t8?,9-,11+/m1/s1. The zero-order valence-corrected chi connectivity index (χ0v) is 8.64. The van der Waals surface area contributed by atoms with Crippen LogP contribution in [0.1, 0.15) is 13.3 Å². The molecule has 1 unspecified atom stereocenters. The summed E-state index contributed by atoms with van der Waals surface area (Å²) in [4.78, 5) is 10.7. The minimum Gasteiger partial charge on any atom is -0.465 e. The van der Waals surface area contributed by atoms with Gasteiger partial charge in [-0.05, 0) is 6.42 Å². The topological polar surface area (TPSA) is 61.9 Å². The van der Waals surface area contributed by atoms with Gasteiger partial charge in [0.25, 0.3) is 0 Å². The molecular formula is C11H15NO3. The Hall–Kier alpha value is -1.29. The number of ether oxygens (including phenoxy) is 1. The van der Waals surface area contributed by atoms with Gasteiger partial charge in [0.05, 0.1) is 18.8 Å². The van der Waals surface area contributed by atoms with E-state index in [0.717, 1.165) is 13.0 Å². The van der Waals surface area contributed by atoms with Gasteiger partial charge in [0.1, 0.15) is 0 Å². The van der Waals surface area contributed by atoms with Crippen LogP contribution in [-0.4, -0.2) is 30.0 Å². The molecule has 0 radical (unpaired) electrons. The number of epoxide rings is 1. The summed E-state index contributed by atoms with van der Waals surface area (Å²) < 4.78 is 5.34. The van der Waals surface area contributed by atoms with Crippen molar-refractivity contribution in [2.45, 2.75) is 25.5 Å². The lowest BCUT2D eigenvalue weighted by Gasteiger charge is -2.36. The molecule has 2 rings (SSSR count). The molecule has 4 nitrogen and oxygen atoms in total. The van der Waals surface area contributed by atoms with Crippen LogP contribution in [0, 0.1) is 5.41 Å². The predicted octanol–water partition coefficient (Wildman–Crippen LogP) is 1.54. The molecule has 2 aliphatic rings. The van der Waals surface area contributed by atoms with Crippen LogP contribution in [0.3, 0.4) is 0 Å². The van der Waals surface area contributed by atoms with Crippen molar-refractivity contribution in [1.82, 2.24) is 5.32 Å². The number of allylic oxidation sites excluding steroid dienone is 2. The Balaban J connectivity index is 2.21. The van der Waals surface area contributed by atoms with E-state index in [1.807, 2.05) is 18.2 Å². The lowest BCUT2D eigenvalue weighted by molar-refractivity contribution is 0.166. The molecule has 1 fully saturated rings. The van der Waals surface area contributed by atoms with E-state index in [9.17, 15) is 4.79 Å². The molecule has 0 spiro atoms. The molecule has 4 heteroatoms. The Morgan fingerprint density at radius 2 is 2.40 bits per heavy atom. The summed E-state index contributed by atoms with van der Waals surface area (Å²) in [6.07, 6.45) is 7.81. The minimum atomic E-state index is -0.988. The maximum absolute atomic E-state index is 10.7. The maximum atomic E-state index is 10.7. The third-order valence-corrected chi connectivity index (χ3v) is 3.22. The summed E-state index contributed by atoms with van der Waals surface area (Å²) in [6.45, 7) is 2.78. The average Bonchev–Trinajstić information content (AvgIpc) is 3.02. The molecule has 0 aromatic carbocycles. The maximum Gasteiger partial charge on any atom is 0.405 e. The fourth-order valence-electron chi connectivity index (χ4n) is 2.24. The number of hydrogen-bond acceptors (Lipinski definition) is 2. The van der Waals surface area contributed by atoms with Gasteiger partial charge in [0.2, 0.25) is 0 Å². The highest BCUT2D eigenvalue weighted by atomic mass is 16.6. The second-order valence-corrected chi connectivity index (χ2v) is 3.96. The van der Waals surface area contributed by atoms with Gasteiger partial charge >= 0.3 is 6.09 Å². The van der Waals surface area contributed by atoms with Crippen molar-refractivity contribution >= 4 is 6.09 Å². The highest BCUT2D eigenvalue weighted by Crippen LogP contribution is 2.42. The average molecular weight is 209 g/mol. The van der Waals surface area contributed by atoms with Crippen LogP contribution in [0.15, 0.2) is 24.3 Å². The van der Waals surface area contributed by atoms with E-state index in [0.29, 0.717) is 0 Å². The largest absolute Gasteiger partial charge is 0.465 e. The molecule has 0 aromatic heterocycles. The molecule has 1 aliphatic heterocycles. The quantitative estimate of drug-likeness (QED) is 0.693. The van der Waals surface area contributed by atoms with E-state index in [4.69, 9.17) is 9.84 Å². The molecular weight excluding hydrogens is 194 g/mol. The van der Waals surface area contributed by atoms with Crippen molar-refractivity contribution in [3.8, 4) is 0 Å². The predicted molar refractivity (Wildman–Crippen MR) is 55.7 cm³/mol. The number of amides is 1. The number of carboxylic acid groups (broad SMARTS) is 1. The van der Waals surface area contributed by atoms with Crippen molar-refractivity contribution < 1.29 is 14.6 Å². The van der Waals surface area contributed by atoms with Crippen LogP contribution >= 0.6 is 0 Å². The third kappa shape index (κ3) is 1.77. The highest BCUT2D eigenvalue weighted by molar-refractivity contribution is 5.65. The Morgan fingerprint density at radius 3 is 2.93 bits per heavy atom. The van der Waals surface area contributed by atoms with Gasteiger partial charge in [-0.1, -0.05) is 31.2 Å². The normalized spacial score (nSPS) is 37.7. The fourth-order valence-corrected chi connectivity index (χ4v) is 2.24. The van der Waals surface area contributed by atoms with Crippen LogP contribution in [0.25, 0.3) is 0 Å². The monoisotopic (exact) mass is 209 g/mol. The van der Waals surface area contributed by atoms with Gasteiger partial charge in [0, 0.05) is 5.41 Å². The summed E-state index contributed by atoms with van der Waals surface area (Å²) in [7, 11) is 0. The van der Waals surface area contributed by atoms with Crippen LogP contribution < -0.4 is 5.32 Å². The van der Waals surface area contributed by atoms with E-state index in [1.165, 1.54) is 0 Å².